The number of carbonyl (C=O) groups is 2. The Bertz CT molecular complexity index is 629. The van der Waals surface area contributed by atoms with Gasteiger partial charge in [-0.15, -0.1) is 6.58 Å². The third-order valence-electron chi connectivity index (χ3n) is 7.35. The molecule has 284 valence electrons. The topological polar surface area (TPSA) is 135 Å². The molecule has 0 saturated heterocycles. The molecule has 0 spiro atoms. The van der Waals surface area contributed by atoms with E-state index < -0.39 is 18.4 Å². The maximum absolute atomic E-state index is 12.4. The molecule has 10 nitrogen and oxygen atoms in total. The summed E-state index contributed by atoms with van der Waals surface area (Å²) in [5, 5.41) is 9.62. The third-order valence-corrected chi connectivity index (χ3v) is 7.35. The van der Waals surface area contributed by atoms with Crippen molar-refractivity contribution in [3.05, 3.63) is 12.7 Å². The summed E-state index contributed by atoms with van der Waals surface area (Å²) >= 11 is 0. The molecule has 1 unspecified atom stereocenters. The molecule has 0 amide bonds. The molecule has 0 aromatic rings. The van der Waals surface area contributed by atoms with Gasteiger partial charge in [0, 0.05) is 19.6 Å². The second-order valence-electron chi connectivity index (χ2n) is 11.5. The fourth-order valence-corrected chi connectivity index (χ4v) is 4.44. The SMILES string of the molecule is C.C=CC.CCCCCCCCOC(CCC(=O)OCC(CO)COC(=O)OCCCCN(CC)CC)OCCCCCCCC.O. The molecule has 10 heteroatoms. The van der Waals surface area contributed by atoms with Crippen LogP contribution in [0.15, 0.2) is 12.7 Å². The van der Waals surface area contributed by atoms with Crippen molar-refractivity contribution in [1.82, 2.24) is 4.90 Å². The lowest BCUT2D eigenvalue weighted by Gasteiger charge is -2.19. The van der Waals surface area contributed by atoms with Gasteiger partial charge in [0.1, 0.15) is 6.61 Å². The predicted molar refractivity (Wildman–Crippen MR) is 194 cm³/mol. The first-order valence-electron chi connectivity index (χ1n) is 18.0. The standard InChI is InChI=1S/C33H65NO8.C3H6.CH4.H2O/c1-5-9-11-13-15-18-24-38-32(39-25-19-16-14-12-10-6-2)22-21-31(36)41-28-30(27-35)29-42-33(37)40-26-20-17-23-34(7-3)8-4;1-3-2;;/h30,32,35H,5-29H2,1-4H3;3H,1H2,2H3;1H4;1H2. The summed E-state index contributed by atoms with van der Waals surface area (Å²) < 4.78 is 27.5. The van der Waals surface area contributed by atoms with E-state index in [1.165, 1.54) is 51.4 Å². The highest BCUT2D eigenvalue weighted by molar-refractivity contribution is 5.69. The van der Waals surface area contributed by atoms with E-state index in [1.807, 2.05) is 6.92 Å². The molecule has 1 atom stereocenters. The zero-order valence-corrected chi connectivity index (χ0v) is 30.4. The predicted octanol–water partition coefficient (Wildman–Crippen LogP) is 8.28. The highest BCUT2D eigenvalue weighted by Gasteiger charge is 2.17. The zero-order chi connectivity index (χ0) is 33.8. The van der Waals surface area contributed by atoms with Gasteiger partial charge in [-0.2, -0.15) is 0 Å². The van der Waals surface area contributed by atoms with Gasteiger partial charge in [0.2, 0.25) is 0 Å². The number of ether oxygens (including phenoxy) is 5. The minimum Gasteiger partial charge on any atom is -0.465 e. The zero-order valence-electron chi connectivity index (χ0n) is 30.4. The van der Waals surface area contributed by atoms with Crippen molar-refractivity contribution in [2.75, 3.05) is 59.3 Å². The number of aliphatic hydroxyl groups is 1. The van der Waals surface area contributed by atoms with Crippen LogP contribution in [0.4, 0.5) is 4.79 Å². The highest BCUT2D eigenvalue weighted by atomic mass is 16.7. The minimum atomic E-state index is -0.768. The maximum atomic E-state index is 12.4. The summed E-state index contributed by atoms with van der Waals surface area (Å²) in [5.41, 5.74) is 0. The normalized spacial score (nSPS) is 11.1. The van der Waals surface area contributed by atoms with Gasteiger partial charge in [-0.05, 0) is 52.2 Å². The van der Waals surface area contributed by atoms with Gasteiger partial charge in [-0.3, -0.25) is 4.79 Å². The van der Waals surface area contributed by atoms with Crippen LogP contribution < -0.4 is 0 Å². The molecule has 0 radical (unpaired) electrons. The van der Waals surface area contributed by atoms with Crippen molar-refractivity contribution in [2.24, 2.45) is 5.92 Å². The molecular weight excluding hydrogens is 602 g/mol. The van der Waals surface area contributed by atoms with Crippen LogP contribution in [0.2, 0.25) is 0 Å². The Morgan fingerprint density at radius 1 is 0.723 bits per heavy atom. The Morgan fingerprint density at radius 3 is 1.68 bits per heavy atom. The van der Waals surface area contributed by atoms with Gasteiger partial charge in [0.25, 0.3) is 0 Å². The molecule has 0 heterocycles. The molecule has 0 aromatic carbocycles. The fourth-order valence-electron chi connectivity index (χ4n) is 4.44. The van der Waals surface area contributed by atoms with Crippen molar-refractivity contribution in [2.45, 2.75) is 151 Å². The van der Waals surface area contributed by atoms with Gasteiger partial charge >= 0.3 is 12.1 Å². The largest absolute Gasteiger partial charge is 0.508 e. The van der Waals surface area contributed by atoms with Gasteiger partial charge in [0.05, 0.1) is 32.2 Å². The lowest BCUT2D eigenvalue weighted by Crippen LogP contribution is -2.25. The molecular formula is C37H77NO9. The van der Waals surface area contributed by atoms with Crippen LogP contribution in [0.25, 0.3) is 0 Å². The van der Waals surface area contributed by atoms with E-state index in [9.17, 15) is 14.7 Å². The van der Waals surface area contributed by atoms with E-state index in [0.717, 1.165) is 58.2 Å². The molecule has 0 aromatic heterocycles. The average Bonchev–Trinajstić information content (AvgIpc) is 3.04. The Hall–Kier alpha value is -1.72. The number of allylic oxidation sites excluding steroid dienone is 1. The van der Waals surface area contributed by atoms with Crippen molar-refractivity contribution in [3.8, 4) is 0 Å². The molecule has 0 fully saturated rings. The fraction of sp³-hybridized carbons (Fsp3) is 0.892. The molecule has 0 bridgehead atoms. The van der Waals surface area contributed by atoms with Crippen LogP contribution in [0.3, 0.4) is 0 Å². The number of esters is 1. The van der Waals surface area contributed by atoms with E-state index in [0.29, 0.717) is 26.2 Å². The number of unbranched alkanes of at least 4 members (excludes halogenated alkanes) is 11. The summed E-state index contributed by atoms with van der Waals surface area (Å²) in [6.07, 6.45) is 17.1. The molecule has 47 heavy (non-hydrogen) atoms. The van der Waals surface area contributed by atoms with Gasteiger partial charge in [-0.25, -0.2) is 4.79 Å². The Balaban J connectivity index is -0.00000177. The smallest absolute Gasteiger partial charge is 0.465 e. The van der Waals surface area contributed by atoms with Crippen LogP contribution in [0.1, 0.15) is 145 Å². The van der Waals surface area contributed by atoms with Crippen LogP contribution in [-0.2, 0) is 28.5 Å². The van der Waals surface area contributed by atoms with Crippen molar-refractivity contribution >= 4 is 12.1 Å². The Kier molecular flexibility index (Phi) is 46.9. The Morgan fingerprint density at radius 2 is 1.19 bits per heavy atom. The number of hydrogen-bond acceptors (Lipinski definition) is 9. The second-order valence-corrected chi connectivity index (χ2v) is 11.5. The summed E-state index contributed by atoms with van der Waals surface area (Å²) in [7, 11) is 0. The maximum Gasteiger partial charge on any atom is 0.508 e. The minimum absolute atomic E-state index is 0. The van der Waals surface area contributed by atoms with Crippen molar-refractivity contribution in [3.63, 3.8) is 0 Å². The number of aliphatic hydroxyl groups excluding tert-OH is 1. The van der Waals surface area contributed by atoms with E-state index in [2.05, 4.69) is 39.2 Å². The van der Waals surface area contributed by atoms with Gasteiger partial charge < -0.3 is 39.2 Å². The molecule has 0 aliphatic rings. The molecule has 0 aliphatic carbocycles. The summed E-state index contributed by atoms with van der Waals surface area (Å²) in [6, 6.07) is 0. The molecule has 0 rings (SSSR count). The summed E-state index contributed by atoms with van der Waals surface area (Å²) in [4.78, 5) is 26.6. The average molecular weight is 680 g/mol. The van der Waals surface area contributed by atoms with E-state index in [1.54, 1.807) is 6.08 Å². The van der Waals surface area contributed by atoms with Crippen LogP contribution in [0.5, 0.6) is 0 Å². The molecule has 0 aliphatic heterocycles. The summed E-state index contributed by atoms with van der Waals surface area (Å²) in [6.45, 7) is 18.1. The quantitative estimate of drug-likeness (QED) is 0.0332. The van der Waals surface area contributed by atoms with Crippen LogP contribution in [-0.4, -0.2) is 93.2 Å². The highest BCUT2D eigenvalue weighted by Crippen LogP contribution is 2.12. The van der Waals surface area contributed by atoms with E-state index in [-0.39, 0.29) is 45.1 Å². The van der Waals surface area contributed by atoms with E-state index in [4.69, 9.17) is 23.7 Å². The lowest BCUT2D eigenvalue weighted by atomic mass is 10.1. The molecule has 3 N–H and O–H groups in total. The van der Waals surface area contributed by atoms with Gasteiger partial charge in [0.15, 0.2) is 6.29 Å². The van der Waals surface area contributed by atoms with Gasteiger partial charge in [-0.1, -0.05) is 105 Å². The molecule has 0 saturated carbocycles. The van der Waals surface area contributed by atoms with Crippen molar-refractivity contribution < 1.29 is 43.9 Å². The Labute approximate surface area is 289 Å². The third kappa shape index (κ3) is 38.6. The number of nitrogens with zero attached hydrogens (tertiary/aromatic N) is 1. The first-order valence-corrected chi connectivity index (χ1v) is 18.0. The second kappa shape index (κ2) is 42.3. The first-order chi connectivity index (χ1) is 21.9. The van der Waals surface area contributed by atoms with Crippen LogP contribution >= 0.6 is 0 Å². The first kappa shape index (κ1) is 52.1. The van der Waals surface area contributed by atoms with Crippen molar-refractivity contribution in [1.29, 1.82) is 0 Å². The summed E-state index contributed by atoms with van der Waals surface area (Å²) in [5.74, 6) is -0.895. The number of rotatable bonds is 31. The number of carbonyl (C=O) groups excluding carboxylic acids is 2. The van der Waals surface area contributed by atoms with E-state index >= 15 is 0 Å². The lowest BCUT2D eigenvalue weighted by molar-refractivity contribution is -0.160. The van der Waals surface area contributed by atoms with Crippen LogP contribution in [0, 0.1) is 5.92 Å². The monoisotopic (exact) mass is 680 g/mol. The number of hydrogen-bond donors (Lipinski definition) is 1.